The van der Waals surface area contributed by atoms with Crippen molar-refractivity contribution in [3.8, 4) is 0 Å². The van der Waals surface area contributed by atoms with Crippen molar-refractivity contribution in [2.24, 2.45) is 7.05 Å². The first-order valence-corrected chi connectivity index (χ1v) is 8.21. The molecule has 21 heavy (non-hydrogen) atoms. The van der Waals surface area contributed by atoms with E-state index >= 15 is 0 Å². The van der Waals surface area contributed by atoms with Crippen LogP contribution in [0.2, 0.25) is 0 Å². The fourth-order valence-electron chi connectivity index (χ4n) is 2.32. The maximum absolute atomic E-state index is 12.4. The van der Waals surface area contributed by atoms with Crippen molar-refractivity contribution in [1.82, 2.24) is 15.1 Å². The molecule has 0 radical (unpaired) electrons. The van der Waals surface area contributed by atoms with Crippen LogP contribution in [0.5, 0.6) is 0 Å². The van der Waals surface area contributed by atoms with Crippen molar-refractivity contribution in [3.63, 3.8) is 0 Å². The van der Waals surface area contributed by atoms with Crippen LogP contribution >= 0.6 is 22.7 Å². The lowest BCUT2D eigenvalue weighted by atomic mass is 10.2. The number of thiophene rings is 2. The predicted octanol–water partition coefficient (Wildman–Crippen LogP) is 2.83. The fraction of sp³-hybridized carbons (Fsp3) is 0.286. The largest absolute Gasteiger partial charge is 0.397 e. The van der Waals surface area contributed by atoms with Gasteiger partial charge in [-0.1, -0.05) is 0 Å². The first-order chi connectivity index (χ1) is 9.99. The van der Waals surface area contributed by atoms with E-state index in [-0.39, 0.29) is 5.91 Å². The van der Waals surface area contributed by atoms with Crippen LogP contribution in [0.1, 0.15) is 25.8 Å². The van der Waals surface area contributed by atoms with E-state index in [9.17, 15) is 4.79 Å². The Hall–Kier alpha value is -1.86. The zero-order valence-corrected chi connectivity index (χ0v) is 13.7. The minimum atomic E-state index is -0.124. The maximum Gasteiger partial charge on any atom is 0.263 e. The van der Waals surface area contributed by atoms with Gasteiger partial charge in [0.05, 0.1) is 23.3 Å². The third kappa shape index (κ3) is 2.32. The Morgan fingerprint density at radius 3 is 2.86 bits per heavy atom. The number of carbonyl (C=O) groups excluding carboxylic acids is 1. The van der Waals surface area contributed by atoms with Gasteiger partial charge in [0.15, 0.2) is 0 Å². The monoisotopic (exact) mass is 320 g/mol. The molecule has 0 aliphatic heterocycles. The van der Waals surface area contributed by atoms with Crippen molar-refractivity contribution < 1.29 is 4.79 Å². The van der Waals surface area contributed by atoms with E-state index in [4.69, 9.17) is 5.73 Å². The Balaban J connectivity index is 1.86. The summed E-state index contributed by atoms with van der Waals surface area (Å²) in [5, 5.41) is 10.2. The van der Waals surface area contributed by atoms with Gasteiger partial charge in [0.2, 0.25) is 0 Å². The molecule has 0 aliphatic rings. The van der Waals surface area contributed by atoms with Crippen LogP contribution in [0.25, 0.3) is 10.2 Å². The number of fused-ring (bicyclic) bond motifs is 1. The van der Waals surface area contributed by atoms with E-state index in [1.807, 2.05) is 26.3 Å². The molecule has 0 aromatic carbocycles. The number of hydrogen-bond donors (Lipinski definition) is 2. The van der Waals surface area contributed by atoms with Crippen LogP contribution < -0.4 is 11.1 Å². The summed E-state index contributed by atoms with van der Waals surface area (Å²) in [5.41, 5.74) is 8.72. The van der Waals surface area contributed by atoms with E-state index in [1.54, 1.807) is 16.0 Å². The molecule has 0 bridgehead atoms. The smallest absolute Gasteiger partial charge is 0.263 e. The number of nitrogens with two attached hydrogens (primary N) is 1. The van der Waals surface area contributed by atoms with Gasteiger partial charge in [-0.05, 0) is 30.9 Å². The molecule has 110 valence electrons. The fourth-order valence-corrected chi connectivity index (χ4v) is 4.27. The summed E-state index contributed by atoms with van der Waals surface area (Å²) in [6, 6.07) is 2.05. The summed E-state index contributed by atoms with van der Waals surface area (Å²) < 4.78 is 1.77. The Kier molecular flexibility index (Phi) is 3.46. The molecule has 3 aromatic rings. The second-order valence-corrected chi connectivity index (χ2v) is 6.94. The molecule has 0 saturated carbocycles. The Morgan fingerprint density at radius 1 is 1.48 bits per heavy atom. The molecule has 0 atom stereocenters. The number of amides is 1. The quantitative estimate of drug-likeness (QED) is 0.779. The SMILES string of the molecule is Cc1ccsc1CNC(=O)c1sc2c(c(C)nn2C)c1N. The van der Waals surface area contributed by atoms with Gasteiger partial charge in [0.25, 0.3) is 5.91 Å². The number of hydrogen-bond acceptors (Lipinski definition) is 5. The first-order valence-electron chi connectivity index (χ1n) is 6.51. The molecular weight excluding hydrogens is 304 g/mol. The lowest BCUT2D eigenvalue weighted by molar-refractivity contribution is 0.0956. The molecule has 3 N–H and O–H groups in total. The molecule has 5 nitrogen and oxygen atoms in total. The molecule has 3 heterocycles. The van der Waals surface area contributed by atoms with E-state index in [0.29, 0.717) is 17.1 Å². The van der Waals surface area contributed by atoms with Gasteiger partial charge in [-0.25, -0.2) is 0 Å². The first kappa shape index (κ1) is 14.1. The van der Waals surface area contributed by atoms with Gasteiger partial charge in [0, 0.05) is 11.9 Å². The number of nitrogen functional groups attached to an aromatic ring is 1. The van der Waals surface area contributed by atoms with Crippen LogP contribution in [0, 0.1) is 13.8 Å². The van der Waals surface area contributed by atoms with Gasteiger partial charge in [-0.3, -0.25) is 9.48 Å². The maximum atomic E-state index is 12.4. The lowest BCUT2D eigenvalue weighted by Crippen LogP contribution is -2.22. The molecule has 7 heteroatoms. The minimum absolute atomic E-state index is 0.124. The number of nitrogens with zero attached hydrogens (tertiary/aromatic N) is 2. The highest BCUT2D eigenvalue weighted by molar-refractivity contribution is 7.21. The summed E-state index contributed by atoms with van der Waals surface area (Å²) >= 11 is 3.03. The third-order valence-electron chi connectivity index (χ3n) is 3.47. The molecule has 0 unspecified atom stereocenters. The Morgan fingerprint density at radius 2 is 2.24 bits per heavy atom. The van der Waals surface area contributed by atoms with Crippen LogP contribution in [0.15, 0.2) is 11.4 Å². The van der Waals surface area contributed by atoms with Crippen molar-refractivity contribution in [3.05, 3.63) is 32.5 Å². The van der Waals surface area contributed by atoms with Gasteiger partial charge in [0.1, 0.15) is 9.71 Å². The number of aromatic nitrogens is 2. The lowest BCUT2D eigenvalue weighted by Gasteiger charge is -2.04. The van der Waals surface area contributed by atoms with E-state index in [2.05, 4.69) is 16.5 Å². The molecular formula is C14H16N4OS2. The average Bonchev–Trinajstić information content (AvgIpc) is 3.06. The molecule has 0 saturated heterocycles. The highest BCUT2D eigenvalue weighted by Gasteiger charge is 2.20. The summed E-state index contributed by atoms with van der Waals surface area (Å²) in [6.45, 7) is 4.48. The molecule has 1 amide bonds. The standard InChI is InChI=1S/C14H16N4OS2/c1-7-4-5-20-9(7)6-16-13(19)12-11(15)10-8(2)17-18(3)14(10)21-12/h4-5H,6,15H2,1-3H3,(H,16,19). The second-order valence-electron chi connectivity index (χ2n) is 4.94. The highest BCUT2D eigenvalue weighted by Crippen LogP contribution is 2.35. The van der Waals surface area contributed by atoms with Crippen molar-refractivity contribution in [2.45, 2.75) is 20.4 Å². The third-order valence-corrected chi connectivity index (χ3v) is 5.76. The zero-order chi connectivity index (χ0) is 15.1. The van der Waals surface area contributed by atoms with Crippen LogP contribution in [0.4, 0.5) is 5.69 Å². The summed E-state index contributed by atoms with van der Waals surface area (Å²) in [4.78, 5) is 15.0. The summed E-state index contributed by atoms with van der Waals surface area (Å²) in [6.07, 6.45) is 0. The number of nitrogens with one attached hydrogen (secondary N) is 1. The van der Waals surface area contributed by atoms with Gasteiger partial charge < -0.3 is 11.1 Å². The van der Waals surface area contributed by atoms with Gasteiger partial charge in [-0.15, -0.1) is 22.7 Å². The molecule has 0 spiro atoms. The predicted molar refractivity (Wildman–Crippen MR) is 88.0 cm³/mol. The highest BCUT2D eigenvalue weighted by atomic mass is 32.1. The number of carbonyl (C=O) groups is 1. The molecule has 0 fully saturated rings. The zero-order valence-electron chi connectivity index (χ0n) is 12.1. The normalized spacial score (nSPS) is 11.2. The Labute approximate surface area is 130 Å². The van der Waals surface area contributed by atoms with Crippen LogP contribution in [-0.4, -0.2) is 15.7 Å². The minimum Gasteiger partial charge on any atom is -0.397 e. The van der Waals surface area contributed by atoms with E-state index in [0.717, 1.165) is 15.9 Å². The Bertz CT molecular complexity index is 828. The number of aryl methyl sites for hydroxylation is 3. The second kappa shape index (κ2) is 5.16. The van der Waals surface area contributed by atoms with Crippen molar-refractivity contribution >= 4 is 44.5 Å². The van der Waals surface area contributed by atoms with Crippen LogP contribution in [0.3, 0.4) is 0 Å². The molecule has 0 aliphatic carbocycles. The van der Waals surface area contributed by atoms with Crippen molar-refractivity contribution in [1.29, 1.82) is 0 Å². The molecule has 3 aromatic heterocycles. The van der Waals surface area contributed by atoms with Crippen molar-refractivity contribution in [2.75, 3.05) is 5.73 Å². The number of rotatable bonds is 3. The van der Waals surface area contributed by atoms with Gasteiger partial charge >= 0.3 is 0 Å². The van der Waals surface area contributed by atoms with Gasteiger partial charge in [-0.2, -0.15) is 5.10 Å². The summed E-state index contributed by atoms with van der Waals surface area (Å²) in [5.74, 6) is -0.124. The van der Waals surface area contributed by atoms with Crippen LogP contribution in [-0.2, 0) is 13.6 Å². The summed E-state index contributed by atoms with van der Waals surface area (Å²) in [7, 11) is 1.86. The van der Waals surface area contributed by atoms with E-state index < -0.39 is 0 Å². The molecule has 3 rings (SSSR count). The number of anilines is 1. The van der Waals surface area contributed by atoms with E-state index in [1.165, 1.54) is 21.8 Å². The topological polar surface area (TPSA) is 72.9 Å². The average molecular weight is 320 g/mol.